The van der Waals surface area contributed by atoms with Crippen LogP contribution in [0.5, 0.6) is 0 Å². The van der Waals surface area contributed by atoms with E-state index in [9.17, 15) is 4.79 Å². The molecule has 1 aromatic carbocycles. The third-order valence-electron chi connectivity index (χ3n) is 2.10. The highest BCUT2D eigenvalue weighted by atomic mass is 17.2. The lowest BCUT2D eigenvalue weighted by Gasteiger charge is -1.99. The number of hydrogen-bond donors (Lipinski definition) is 0. The molecule has 1 rings (SSSR count). The summed E-state index contributed by atoms with van der Waals surface area (Å²) < 4.78 is 0. The highest BCUT2D eigenvalue weighted by molar-refractivity contribution is 5.86. The SMILES string of the molecule is CCCc1ccc(C=CC(=O)OOC)cc1. The van der Waals surface area contributed by atoms with Gasteiger partial charge in [0.05, 0.1) is 7.11 Å². The summed E-state index contributed by atoms with van der Waals surface area (Å²) in [4.78, 5) is 19.5. The van der Waals surface area contributed by atoms with E-state index in [1.54, 1.807) is 6.08 Å². The molecule has 1 aromatic rings. The fourth-order valence-electron chi connectivity index (χ4n) is 1.36. The number of rotatable bonds is 5. The number of aryl methyl sites for hydroxylation is 1. The van der Waals surface area contributed by atoms with Gasteiger partial charge in [-0.1, -0.05) is 37.6 Å². The molecule has 0 N–H and O–H groups in total. The van der Waals surface area contributed by atoms with Crippen molar-refractivity contribution in [1.82, 2.24) is 0 Å². The van der Waals surface area contributed by atoms with E-state index < -0.39 is 5.97 Å². The number of benzene rings is 1. The van der Waals surface area contributed by atoms with Crippen molar-refractivity contribution in [3.05, 3.63) is 41.5 Å². The van der Waals surface area contributed by atoms with Crippen molar-refractivity contribution in [1.29, 1.82) is 0 Å². The van der Waals surface area contributed by atoms with E-state index in [1.807, 2.05) is 12.1 Å². The van der Waals surface area contributed by atoms with Gasteiger partial charge in [0.2, 0.25) is 0 Å². The summed E-state index contributed by atoms with van der Waals surface area (Å²) in [6, 6.07) is 8.07. The first-order chi connectivity index (χ1) is 7.76. The van der Waals surface area contributed by atoms with Crippen molar-refractivity contribution in [3.8, 4) is 0 Å². The van der Waals surface area contributed by atoms with Gasteiger partial charge in [0.15, 0.2) is 0 Å². The zero-order valence-electron chi connectivity index (χ0n) is 9.60. The molecule has 0 aliphatic rings. The molecule has 0 atom stereocenters. The van der Waals surface area contributed by atoms with Gasteiger partial charge in [-0.3, -0.25) is 4.89 Å². The summed E-state index contributed by atoms with van der Waals surface area (Å²) in [5.41, 5.74) is 2.27. The van der Waals surface area contributed by atoms with Gasteiger partial charge in [0.25, 0.3) is 0 Å². The van der Waals surface area contributed by atoms with Crippen LogP contribution in [0.4, 0.5) is 0 Å². The standard InChI is InChI=1S/C13H16O3/c1-3-4-11-5-7-12(8-6-11)9-10-13(14)16-15-2/h5-10H,3-4H2,1-2H3. The second-order valence-corrected chi connectivity index (χ2v) is 3.39. The van der Waals surface area contributed by atoms with E-state index in [1.165, 1.54) is 18.7 Å². The number of carbonyl (C=O) groups is 1. The predicted molar refractivity (Wildman–Crippen MR) is 62.6 cm³/mol. The Hall–Kier alpha value is -1.61. The number of hydrogen-bond acceptors (Lipinski definition) is 3. The van der Waals surface area contributed by atoms with Crippen LogP contribution in [0.2, 0.25) is 0 Å². The van der Waals surface area contributed by atoms with Gasteiger partial charge in [-0.05, 0) is 23.6 Å². The van der Waals surface area contributed by atoms with E-state index in [2.05, 4.69) is 28.8 Å². The quantitative estimate of drug-likeness (QED) is 0.435. The van der Waals surface area contributed by atoms with Gasteiger partial charge in [-0.2, -0.15) is 4.89 Å². The van der Waals surface area contributed by atoms with Gasteiger partial charge >= 0.3 is 5.97 Å². The van der Waals surface area contributed by atoms with Crippen LogP contribution in [0.15, 0.2) is 30.3 Å². The largest absolute Gasteiger partial charge is 0.365 e. The minimum atomic E-state index is -0.514. The summed E-state index contributed by atoms with van der Waals surface area (Å²) in [6.45, 7) is 2.15. The summed E-state index contributed by atoms with van der Waals surface area (Å²) in [6.07, 6.45) is 5.24. The summed E-state index contributed by atoms with van der Waals surface area (Å²) in [5, 5.41) is 0. The topological polar surface area (TPSA) is 35.5 Å². The monoisotopic (exact) mass is 220 g/mol. The number of carbonyl (C=O) groups excluding carboxylic acids is 1. The minimum absolute atomic E-state index is 0.514. The molecular formula is C13H16O3. The van der Waals surface area contributed by atoms with Crippen LogP contribution in [-0.4, -0.2) is 13.1 Å². The van der Waals surface area contributed by atoms with Crippen LogP contribution in [0.3, 0.4) is 0 Å². The van der Waals surface area contributed by atoms with Gasteiger partial charge in [0, 0.05) is 6.08 Å². The van der Waals surface area contributed by atoms with Gasteiger partial charge < -0.3 is 0 Å². The highest BCUT2D eigenvalue weighted by Crippen LogP contribution is 2.08. The van der Waals surface area contributed by atoms with Crippen molar-refractivity contribution in [2.24, 2.45) is 0 Å². The molecule has 0 aliphatic carbocycles. The lowest BCUT2D eigenvalue weighted by molar-refractivity contribution is -0.249. The van der Waals surface area contributed by atoms with Crippen LogP contribution in [-0.2, 0) is 21.0 Å². The second-order valence-electron chi connectivity index (χ2n) is 3.39. The lowest BCUT2D eigenvalue weighted by atomic mass is 10.1. The Kier molecular flexibility index (Phi) is 5.29. The molecule has 0 saturated carbocycles. The van der Waals surface area contributed by atoms with E-state index in [0.717, 1.165) is 18.4 Å². The van der Waals surface area contributed by atoms with Crippen LogP contribution in [0.25, 0.3) is 6.08 Å². The van der Waals surface area contributed by atoms with Gasteiger partial charge in [-0.15, -0.1) is 0 Å². The summed E-state index contributed by atoms with van der Waals surface area (Å²) in [5.74, 6) is -0.514. The Morgan fingerprint density at radius 3 is 2.56 bits per heavy atom. The van der Waals surface area contributed by atoms with E-state index in [4.69, 9.17) is 0 Å². The molecule has 0 bridgehead atoms. The van der Waals surface area contributed by atoms with E-state index in [-0.39, 0.29) is 0 Å². The van der Waals surface area contributed by atoms with Gasteiger partial charge in [0.1, 0.15) is 0 Å². The zero-order valence-corrected chi connectivity index (χ0v) is 9.60. The molecule has 0 heterocycles. The molecule has 0 amide bonds. The van der Waals surface area contributed by atoms with Crippen molar-refractivity contribution >= 4 is 12.0 Å². The molecule has 0 aromatic heterocycles. The van der Waals surface area contributed by atoms with Crippen LogP contribution < -0.4 is 0 Å². The predicted octanol–water partition coefficient (Wildman–Crippen LogP) is 2.76. The Bertz CT molecular complexity index is 352. The van der Waals surface area contributed by atoms with Crippen molar-refractivity contribution < 1.29 is 14.6 Å². The Morgan fingerprint density at radius 1 is 1.31 bits per heavy atom. The molecule has 3 heteroatoms. The van der Waals surface area contributed by atoms with Crippen LogP contribution in [0, 0.1) is 0 Å². The fourth-order valence-corrected chi connectivity index (χ4v) is 1.36. The minimum Gasteiger partial charge on any atom is -0.294 e. The fraction of sp³-hybridized carbons (Fsp3) is 0.308. The van der Waals surface area contributed by atoms with Crippen LogP contribution in [0.1, 0.15) is 24.5 Å². The van der Waals surface area contributed by atoms with Crippen LogP contribution >= 0.6 is 0 Å². The van der Waals surface area contributed by atoms with Crippen molar-refractivity contribution in [2.45, 2.75) is 19.8 Å². The Labute approximate surface area is 95.6 Å². The zero-order chi connectivity index (χ0) is 11.8. The molecule has 0 radical (unpaired) electrons. The molecule has 0 saturated heterocycles. The van der Waals surface area contributed by atoms with Crippen molar-refractivity contribution in [3.63, 3.8) is 0 Å². The van der Waals surface area contributed by atoms with E-state index >= 15 is 0 Å². The highest BCUT2D eigenvalue weighted by Gasteiger charge is 1.96. The molecule has 0 spiro atoms. The maximum absolute atomic E-state index is 11.0. The average Bonchev–Trinajstić information content (AvgIpc) is 2.29. The molecule has 16 heavy (non-hydrogen) atoms. The molecule has 0 fully saturated rings. The lowest BCUT2D eigenvalue weighted by Crippen LogP contribution is -1.97. The summed E-state index contributed by atoms with van der Waals surface area (Å²) in [7, 11) is 1.30. The average molecular weight is 220 g/mol. The van der Waals surface area contributed by atoms with E-state index in [0.29, 0.717) is 0 Å². The second kappa shape index (κ2) is 6.80. The Balaban J connectivity index is 2.57. The Morgan fingerprint density at radius 2 is 2.00 bits per heavy atom. The molecular weight excluding hydrogens is 204 g/mol. The van der Waals surface area contributed by atoms with Crippen molar-refractivity contribution in [2.75, 3.05) is 7.11 Å². The molecule has 3 nitrogen and oxygen atoms in total. The first-order valence-electron chi connectivity index (χ1n) is 5.28. The summed E-state index contributed by atoms with van der Waals surface area (Å²) >= 11 is 0. The first-order valence-corrected chi connectivity index (χ1v) is 5.28. The smallest absolute Gasteiger partial charge is 0.294 e. The molecule has 0 unspecified atom stereocenters. The molecule has 0 aliphatic heterocycles. The third-order valence-corrected chi connectivity index (χ3v) is 2.10. The normalized spacial score (nSPS) is 10.6. The third kappa shape index (κ3) is 4.28. The van der Waals surface area contributed by atoms with Gasteiger partial charge in [-0.25, -0.2) is 4.79 Å². The maximum Gasteiger partial charge on any atom is 0.365 e. The maximum atomic E-state index is 11.0. The first kappa shape index (κ1) is 12.5. The molecule has 86 valence electrons.